The summed E-state index contributed by atoms with van der Waals surface area (Å²) in [6.45, 7) is 6.60. The van der Waals surface area contributed by atoms with Crippen LogP contribution in [-0.4, -0.2) is 19.6 Å². The van der Waals surface area contributed by atoms with Gasteiger partial charge in [-0.25, -0.2) is 4.79 Å². The van der Waals surface area contributed by atoms with Crippen LogP contribution in [0.4, 0.5) is 0 Å². The third kappa shape index (κ3) is 3.42. The minimum atomic E-state index is -0.267. The van der Waals surface area contributed by atoms with E-state index in [0.717, 1.165) is 18.7 Å². The van der Waals surface area contributed by atoms with Crippen molar-refractivity contribution in [3.63, 3.8) is 0 Å². The smallest absolute Gasteiger partial charge is 0.335 e. The van der Waals surface area contributed by atoms with Gasteiger partial charge in [-0.05, 0) is 20.3 Å². The molecule has 0 aliphatic rings. The molecule has 0 aromatic heterocycles. The van der Waals surface area contributed by atoms with Gasteiger partial charge in [0.1, 0.15) is 0 Å². The Morgan fingerprint density at radius 2 is 2.00 bits per heavy atom. The summed E-state index contributed by atoms with van der Waals surface area (Å²) in [5, 5.41) is 3.13. The fraction of sp³-hybridized carbons (Fsp3) is 0.667. The van der Waals surface area contributed by atoms with Gasteiger partial charge in [0.05, 0.1) is 12.7 Å². The molecule has 3 heteroatoms. The first-order valence-electron chi connectivity index (χ1n) is 4.13. The van der Waals surface area contributed by atoms with Gasteiger partial charge in [0.15, 0.2) is 0 Å². The molecule has 0 unspecified atom stereocenters. The highest BCUT2D eigenvalue weighted by Crippen LogP contribution is 2.01. The number of carbonyl (C=O) groups is 1. The van der Waals surface area contributed by atoms with Crippen LogP contribution in [0.25, 0.3) is 0 Å². The zero-order chi connectivity index (χ0) is 9.56. The second-order valence-corrected chi connectivity index (χ2v) is 2.67. The fourth-order valence-corrected chi connectivity index (χ4v) is 0.751. The molecule has 0 heterocycles. The van der Waals surface area contributed by atoms with E-state index in [0.29, 0.717) is 5.57 Å². The normalized spacial score (nSPS) is 12.0. The molecular formula is C9H17NO2. The van der Waals surface area contributed by atoms with Gasteiger partial charge in [-0.1, -0.05) is 6.92 Å². The average Bonchev–Trinajstić information content (AvgIpc) is 2.11. The highest BCUT2D eigenvalue weighted by Gasteiger charge is 2.05. The number of methoxy groups -OCH3 is 1. The SMILES string of the molecule is CCCN/C(C)=C(/C)C(=O)OC. The fourth-order valence-electron chi connectivity index (χ4n) is 0.751. The van der Waals surface area contributed by atoms with Crippen LogP contribution in [0.5, 0.6) is 0 Å². The second kappa shape index (κ2) is 5.63. The molecule has 0 aromatic rings. The van der Waals surface area contributed by atoms with E-state index in [1.807, 2.05) is 6.92 Å². The summed E-state index contributed by atoms with van der Waals surface area (Å²) in [7, 11) is 1.39. The van der Waals surface area contributed by atoms with Gasteiger partial charge in [0, 0.05) is 12.2 Å². The predicted octanol–water partition coefficient (Wildman–Crippen LogP) is 1.45. The Balaban J connectivity index is 4.15. The van der Waals surface area contributed by atoms with Crippen LogP contribution in [-0.2, 0) is 9.53 Å². The van der Waals surface area contributed by atoms with Gasteiger partial charge in [0.25, 0.3) is 0 Å². The van der Waals surface area contributed by atoms with Crippen LogP contribution < -0.4 is 5.32 Å². The van der Waals surface area contributed by atoms with E-state index in [4.69, 9.17) is 0 Å². The molecule has 70 valence electrons. The molecule has 1 N–H and O–H groups in total. The number of hydrogen-bond donors (Lipinski definition) is 1. The summed E-state index contributed by atoms with van der Waals surface area (Å²) < 4.78 is 4.58. The Morgan fingerprint density at radius 1 is 1.42 bits per heavy atom. The summed E-state index contributed by atoms with van der Waals surface area (Å²) in [6, 6.07) is 0. The van der Waals surface area contributed by atoms with E-state index in [-0.39, 0.29) is 5.97 Å². The van der Waals surface area contributed by atoms with Crippen molar-refractivity contribution in [3.8, 4) is 0 Å². The van der Waals surface area contributed by atoms with Gasteiger partial charge in [-0.15, -0.1) is 0 Å². The van der Waals surface area contributed by atoms with E-state index in [1.54, 1.807) is 6.92 Å². The maximum atomic E-state index is 11.0. The lowest BCUT2D eigenvalue weighted by Gasteiger charge is -2.07. The van der Waals surface area contributed by atoms with Crippen LogP contribution in [0.3, 0.4) is 0 Å². The summed E-state index contributed by atoms with van der Waals surface area (Å²) in [4.78, 5) is 11.0. The van der Waals surface area contributed by atoms with Crippen LogP contribution in [0, 0.1) is 0 Å². The Hall–Kier alpha value is -0.990. The van der Waals surface area contributed by atoms with Crippen molar-refractivity contribution in [1.82, 2.24) is 5.32 Å². The molecule has 3 nitrogen and oxygen atoms in total. The summed E-state index contributed by atoms with van der Waals surface area (Å²) in [5.74, 6) is -0.267. The maximum absolute atomic E-state index is 11.0. The first-order chi connectivity index (χ1) is 5.63. The largest absolute Gasteiger partial charge is 0.466 e. The average molecular weight is 171 g/mol. The minimum Gasteiger partial charge on any atom is -0.466 e. The first-order valence-corrected chi connectivity index (χ1v) is 4.13. The second-order valence-electron chi connectivity index (χ2n) is 2.67. The maximum Gasteiger partial charge on any atom is 0.335 e. The molecule has 0 fully saturated rings. The highest BCUT2D eigenvalue weighted by molar-refractivity contribution is 5.88. The number of nitrogens with one attached hydrogen (secondary N) is 1. The lowest BCUT2D eigenvalue weighted by molar-refractivity contribution is -0.136. The molecule has 12 heavy (non-hydrogen) atoms. The molecular weight excluding hydrogens is 154 g/mol. The third-order valence-electron chi connectivity index (χ3n) is 1.69. The van der Waals surface area contributed by atoms with Gasteiger partial charge in [-0.2, -0.15) is 0 Å². The van der Waals surface area contributed by atoms with E-state index in [9.17, 15) is 4.79 Å². The molecule has 0 amide bonds. The van der Waals surface area contributed by atoms with E-state index in [1.165, 1.54) is 7.11 Å². The highest BCUT2D eigenvalue weighted by atomic mass is 16.5. The number of allylic oxidation sites excluding steroid dienone is 1. The van der Waals surface area contributed by atoms with Crippen molar-refractivity contribution >= 4 is 5.97 Å². The summed E-state index contributed by atoms with van der Waals surface area (Å²) in [5.41, 5.74) is 1.54. The molecule has 0 spiro atoms. The van der Waals surface area contributed by atoms with Crippen molar-refractivity contribution in [3.05, 3.63) is 11.3 Å². The lowest BCUT2D eigenvalue weighted by Crippen LogP contribution is -2.16. The molecule has 0 bridgehead atoms. The predicted molar refractivity (Wildman–Crippen MR) is 48.7 cm³/mol. The van der Waals surface area contributed by atoms with Crippen molar-refractivity contribution in [2.45, 2.75) is 27.2 Å². The van der Waals surface area contributed by atoms with Crippen molar-refractivity contribution in [2.75, 3.05) is 13.7 Å². The standard InChI is InChI=1S/C9H17NO2/c1-5-6-10-8(3)7(2)9(11)12-4/h10H,5-6H2,1-4H3/b8-7-. The molecule has 0 aliphatic carbocycles. The number of rotatable bonds is 4. The summed E-state index contributed by atoms with van der Waals surface area (Å²) >= 11 is 0. The Bertz CT molecular complexity index is 185. The van der Waals surface area contributed by atoms with Gasteiger partial charge in [0.2, 0.25) is 0 Å². The topological polar surface area (TPSA) is 38.3 Å². The van der Waals surface area contributed by atoms with Crippen LogP contribution in [0.1, 0.15) is 27.2 Å². The molecule has 0 aromatic carbocycles. The molecule has 0 rings (SSSR count). The quantitative estimate of drug-likeness (QED) is 0.514. The van der Waals surface area contributed by atoms with Crippen molar-refractivity contribution in [2.24, 2.45) is 0 Å². The zero-order valence-electron chi connectivity index (χ0n) is 8.23. The van der Waals surface area contributed by atoms with Gasteiger partial charge >= 0.3 is 5.97 Å². The Morgan fingerprint density at radius 3 is 2.42 bits per heavy atom. The zero-order valence-corrected chi connectivity index (χ0v) is 8.23. The minimum absolute atomic E-state index is 0.267. The summed E-state index contributed by atoms with van der Waals surface area (Å²) in [6.07, 6.45) is 1.05. The van der Waals surface area contributed by atoms with Crippen molar-refractivity contribution in [1.29, 1.82) is 0 Å². The number of esters is 1. The number of ether oxygens (including phenoxy) is 1. The third-order valence-corrected chi connectivity index (χ3v) is 1.69. The molecule has 0 atom stereocenters. The first kappa shape index (κ1) is 11.0. The monoisotopic (exact) mass is 171 g/mol. The molecule has 0 aliphatic heterocycles. The van der Waals surface area contributed by atoms with E-state index >= 15 is 0 Å². The van der Waals surface area contributed by atoms with Crippen molar-refractivity contribution < 1.29 is 9.53 Å². The van der Waals surface area contributed by atoms with E-state index < -0.39 is 0 Å². The lowest BCUT2D eigenvalue weighted by atomic mass is 10.2. The Labute approximate surface area is 73.8 Å². The van der Waals surface area contributed by atoms with Gasteiger partial charge < -0.3 is 10.1 Å². The number of hydrogen-bond acceptors (Lipinski definition) is 3. The van der Waals surface area contributed by atoms with E-state index in [2.05, 4.69) is 17.0 Å². The van der Waals surface area contributed by atoms with Crippen LogP contribution >= 0.6 is 0 Å². The Kier molecular flexibility index (Phi) is 5.17. The van der Waals surface area contributed by atoms with Crippen LogP contribution in [0.2, 0.25) is 0 Å². The molecule has 0 saturated carbocycles. The molecule has 0 radical (unpaired) electrons. The molecule has 0 saturated heterocycles. The van der Waals surface area contributed by atoms with Gasteiger partial charge in [-0.3, -0.25) is 0 Å². The van der Waals surface area contributed by atoms with Crippen LogP contribution in [0.15, 0.2) is 11.3 Å². The number of carbonyl (C=O) groups excluding carboxylic acids is 1.